The summed E-state index contributed by atoms with van der Waals surface area (Å²) in [6.45, 7) is 0. The zero-order valence-electron chi connectivity index (χ0n) is 13.3. The Labute approximate surface area is 160 Å². The molecule has 3 nitrogen and oxygen atoms in total. The average Bonchev–Trinajstić information content (AvgIpc) is 3.19. The molecule has 1 aliphatic heterocycles. The molecule has 2 atom stereocenters. The minimum absolute atomic E-state index is 0.117. The van der Waals surface area contributed by atoms with Gasteiger partial charge in [-0.25, -0.2) is 0 Å². The standard InChI is InChI=1S/C18H20BrN3S2/c19-12-10-15(24-11-12)17-16(14-8-4-5-9-20-14)21-18(23)22(17)13-6-2-1-3-7-13/h4-5,8-11,13,16-17H,1-3,6-7H2,(H,21,23)/t16-,17-/m1/s1. The molecule has 6 heteroatoms. The summed E-state index contributed by atoms with van der Waals surface area (Å²) >= 11 is 11.2. The van der Waals surface area contributed by atoms with Gasteiger partial charge in [0.2, 0.25) is 0 Å². The summed E-state index contributed by atoms with van der Waals surface area (Å²) in [4.78, 5) is 8.41. The van der Waals surface area contributed by atoms with Gasteiger partial charge in [-0.3, -0.25) is 4.98 Å². The summed E-state index contributed by atoms with van der Waals surface area (Å²) in [6.07, 6.45) is 8.30. The molecule has 2 aromatic rings. The Hall–Kier alpha value is -0.980. The van der Waals surface area contributed by atoms with Crippen molar-refractivity contribution in [3.05, 3.63) is 50.9 Å². The Morgan fingerprint density at radius 1 is 1.25 bits per heavy atom. The number of thiocarbonyl (C=S) groups is 1. The van der Waals surface area contributed by atoms with Gasteiger partial charge in [0.15, 0.2) is 5.11 Å². The fourth-order valence-electron chi connectivity index (χ4n) is 3.91. The topological polar surface area (TPSA) is 28.2 Å². The van der Waals surface area contributed by atoms with E-state index < -0.39 is 0 Å². The third-order valence-corrected chi connectivity index (χ3v) is 7.08. The van der Waals surface area contributed by atoms with Gasteiger partial charge in [-0.1, -0.05) is 25.3 Å². The molecule has 0 spiro atoms. The van der Waals surface area contributed by atoms with Crippen LogP contribution in [0.1, 0.15) is 54.8 Å². The van der Waals surface area contributed by atoms with Crippen molar-refractivity contribution in [2.24, 2.45) is 0 Å². The Morgan fingerprint density at radius 2 is 2.08 bits per heavy atom. The number of thiophene rings is 1. The number of nitrogens with zero attached hydrogens (tertiary/aromatic N) is 2. The van der Waals surface area contributed by atoms with E-state index in [1.165, 1.54) is 37.0 Å². The highest BCUT2D eigenvalue weighted by molar-refractivity contribution is 9.10. The van der Waals surface area contributed by atoms with Crippen LogP contribution >= 0.6 is 39.5 Å². The van der Waals surface area contributed by atoms with Gasteiger partial charge in [0.1, 0.15) is 0 Å². The van der Waals surface area contributed by atoms with Gasteiger partial charge >= 0.3 is 0 Å². The molecule has 3 heterocycles. The van der Waals surface area contributed by atoms with E-state index >= 15 is 0 Å². The maximum Gasteiger partial charge on any atom is 0.170 e. The third-order valence-electron chi connectivity index (χ3n) is 4.98. The molecular formula is C18H20BrN3S2. The zero-order valence-corrected chi connectivity index (χ0v) is 16.5. The van der Waals surface area contributed by atoms with E-state index in [1.54, 1.807) is 11.3 Å². The van der Waals surface area contributed by atoms with Crippen LogP contribution in [0.4, 0.5) is 0 Å². The Bertz CT molecular complexity index is 712. The number of aromatic nitrogens is 1. The van der Waals surface area contributed by atoms with Gasteiger partial charge in [-0.15, -0.1) is 11.3 Å². The minimum atomic E-state index is 0.117. The largest absolute Gasteiger partial charge is 0.352 e. The normalized spacial score (nSPS) is 25.0. The molecular weight excluding hydrogens is 402 g/mol. The predicted molar refractivity (Wildman–Crippen MR) is 106 cm³/mol. The maximum atomic E-state index is 5.76. The quantitative estimate of drug-likeness (QED) is 0.688. The van der Waals surface area contributed by atoms with Gasteiger partial charge in [-0.05, 0) is 59.2 Å². The first kappa shape index (κ1) is 16.5. The van der Waals surface area contributed by atoms with Crippen LogP contribution in [0, 0.1) is 0 Å². The van der Waals surface area contributed by atoms with Crippen LogP contribution in [0.25, 0.3) is 0 Å². The van der Waals surface area contributed by atoms with Crippen LogP contribution in [0.3, 0.4) is 0 Å². The van der Waals surface area contributed by atoms with Crippen molar-refractivity contribution >= 4 is 44.6 Å². The van der Waals surface area contributed by atoms with Gasteiger partial charge in [0, 0.05) is 27.0 Å². The van der Waals surface area contributed by atoms with Crippen molar-refractivity contribution in [3.8, 4) is 0 Å². The van der Waals surface area contributed by atoms with Gasteiger partial charge in [0.25, 0.3) is 0 Å². The van der Waals surface area contributed by atoms with E-state index in [4.69, 9.17) is 12.2 Å². The first-order valence-electron chi connectivity index (χ1n) is 8.48. The lowest BCUT2D eigenvalue weighted by Crippen LogP contribution is -2.40. The molecule has 2 fully saturated rings. The molecule has 4 rings (SSSR count). The smallest absolute Gasteiger partial charge is 0.170 e. The molecule has 126 valence electrons. The van der Waals surface area contributed by atoms with Gasteiger partial charge < -0.3 is 10.2 Å². The lowest BCUT2D eigenvalue weighted by atomic mass is 9.92. The summed E-state index contributed by atoms with van der Waals surface area (Å²) < 4.78 is 1.14. The van der Waals surface area contributed by atoms with Crippen molar-refractivity contribution in [2.75, 3.05) is 0 Å². The molecule has 0 radical (unpaired) electrons. The second kappa shape index (κ2) is 7.10. The molecule has 1 aliphatic carbocycles. The number of hydrogen-bond acceptors (Lipinski definition) is 3. The van der Waals surface area contributed by atoms with Crippen LogP contribution in [0.15, 0.2) is 40.3 Å². The lowest BCUT2D eigenvalue weighted by Gasteiger charge is -2.36. The van der Waals surface area contributed by atoms with Crippen molar-refractivity contribution < 1.29 is 0 Å². The second-order valence-electron chi connectivity index (χ2n) is 6.49. The van der Waals surface area contributed by atoms with Crippen LogP contribution < -0.4 is 5.32 Å². The van der Waals surface area contributed by atoms with Crippen LogP contribution in [-0.2, 0) is 0 Å². The summed E-state index contributed by atoms with van der Waals surface area (Å²) in [6, 6.07) is 9.23. The van der Waals surface area contributed by atoms with E-state index in [0.29, 0.717) is 6.04 Å². The van der Waals surface area contributed by atoms with Crippen molar-refractivity contribution in [2.45, 2.75) is 50.2 Å². The predicted octanol–water partition coefficient (Wildman–Crippen LogP) is 5.21. The SMILES string of the molecule is S=C1N[C@H](c2ccccn2)[C@@H](c2cc(Br)cs2)N1C1CCCCC1. The molecule has 0 unspecified atom stereocenters. The summed E-state index contributed by atoms with van der Waals surface area (Å²) in [7, 11) is 0. The molecule has 1 saturated heterocycles. The number of pyridine rings is 1. The second-order valence-corrected chi connectivity index (χ2v) is 8.74. The lowest BCUT2D eigenvalue weighted by molar-refractivity contribution is 0.199. The van der Waals surface area contributed by atoms with Crippen molar-refractivity contribution in [3.63, 3.8) is 0 Å². The molecule has 2 aromatic heterocycles. The highest BCUT2D eigenvalue weighted by atomic mass is 79.9. The number of halogens is 1. The van der Waals surface area contributed by atoms with E-state index in [9.17, 15) is 0 Å². The minimum Gasteiger partial charge on any atom is -0.352 e. The number of hydrogen-bond donors (Lipinski definition) is 1. The summed E-state index contributed by atoms with van der Waals surface area (Å²) in [5.74, 6) is 0. The van der Waals surface area contributed by atoms with Crippen LogP contribution in [-0.4, -0.2) is 21.0 Å². The molecule has 24 heavy (non-hydrogen) atoms. The monoisotopic (exact) mass is 421 g/mol. The first-order chi connectivity index (χ1) is 11.7. The van der Waals surface area contributed by atoms with Crippen molar-refractivity contribution in [1.82, 2.24) is 15.2 Å². The van der Waals surface area contributed by atoms with E-state index in [0.717, 1.165) is 15.3 Å². The highest BCUT2D eigenvalue weighted by Crippen LogP contribution is 2.44. The molecule has 0 aromatic carbocycles. The molecule has 0 amide bonds. The zero-order chi connectivity index (χ0) is 16.5. The molecule has 0 bridgehead atoms. The van der Waals surface area contributed by atoms with E-state index in [2.05, 4.69) is 54.7 Å². The molecule has 1 saturated carbocycles. The van der Waals surface area contributed by atoms with Crippen LogP contribution in [0.5, 0.6) is 0 Å². The fraction of sp³-hybridized carbons (Fsp3) is 0.444. The van der Waals surface area contributed by atoms with E-state index in [1.807, 2.05) is 12.3 Å². The first-order valence-corrected chi connectivity index (χ1v) is 10.6. The summed E-state index contributed by atoms with van der Waals surface area (Å²) in [5, 5.41) is 6.60. The third kappa shape index (κ3) is 3.11. The summed E-state index contributed by atoms with van der Waals surface area (Å²) in [5.41, 5.74) is 1.06. The Balaban J connectivity index is 1.73. The Kier molecular flexibility index (Phi) is 4.88. The number of nitrogens with one attached hydrogen (secondary N) is 1. The van der Waals surface area contributed by atoms with Gasteiger partial charge in [-0.2, -0.15) is 0 Å². The molecule has 2 aliphatic rings. The average molecular weight is 422 g/mol. The fourth-order valence-corrected chi connectivity index (χ4v) is 5.87. The highest BCUT2D eigenvalue weighted by Gasteiger charge is 2.43. The van der Waals surface area contributed by atoms with Crippen LogP contribution in [0.2, 0.25) is 0 Å². The van der Waals surface area contributed by atoms with E-state index in [-0.39, 0.29) is 12.1 Å². The van der Waals surface area contributed by atoms with Crippen molar-refractivity contribution in [1.29, 1.82) is 0 Å². The molecule has 1 N–H and O–H groups in total. The van der Waals surface area contributed by atoms with Gasteiger partial charge in [0.05, 0.1) is 17.8 Å². The number of rotatable bonds is 3. The Morgan fingerprint density at radius 3 is 2.75 bits per heavy atom. The maximum absolute atomic E-state index is 5.76.